The van der Waals surface area contributed by atoms with Crippen LogP contribution in [-0.4, -0.2) is 41.5 Å². The largest absolute Gasteiger partial charge is 0.348 e. The number of benzene rings is 1. The zero-order valence-electron chi connectivity index (χ0n) is 15.1. The number of sulfonamides is 1. The van der Waals surface area contributed by atoms with Gasteiger partial charge in [-0.3, -0.25) is 9.48 Å². The summed E-state index contributed by atoms with van der Waals surface area (Å²) >= 11 is 0. The molecular formula is C18H24N4O3S. The second-order valence-corrected chi connectivity index (χ2v) is 8.45. The third kappa shape index (κ3) is 3.81. The number of amides is 1. The molecule has 1 amide bonds. The minimum absolute atomic E-state index is 0.0895. The van der Waals surface area contributed by atoms with Gasteiger partial charge in [0.15, 0.2) is 0 Å². The number of piperidine rings is 1. The summed E-state index contributed by atoms with van der Waals surface area (Å²) in [5, 5.41) is 6.72. The minimum Gasteiger partial charge on any atom is -0.348 e. The standard InChI is InChI=1S/C18H24N4O3S/c1-14-8-4-5-9-15(14)12-19-17(23)16-13-21(2)20-18(16)26(24,25)22-10-6-3-7-11-22/h4-5,8-9,13H,3,6-7,10-12H2,1-2H3,(H,19,23). The maximum atomic E-state index is 12.9. The van der Waals surface area contributed by atoms with Crippen molar-refractivity contribution in [2.24, 2.45) is 7.05 Å². The zero-order valence-corrected chi connectivity index (χ0v) is 15.9. The van der Waals surface area contributed by atoms with Gasteiger partial charge in [0.1, 0.15) is 0 Å². The molecular weight excluding hydrogens is 352 g/mol. The maximum absolute atomic E-state index is 12.9. The van der Waals surface area contributed by atoms with E-state index >= 15 is 0 Å². The molecule has 0 radical (unpaired) electrons. The third-order valence-electron chi connectivity index (χ3n) is 4.64. The molecule has 1 aromatic heterocycles. The fraction of sp³-hybridized carbons (Fsp3) is 0.444. The van der Waals surface area contributed by atoms with Gasteiger partial charge in [-0.25, -0.2) is 8.42 Å². The van der Waals surface area contributed by atoms with Crippen LogP contribution in [0, 0.1) is 6.92 Å². The number of aryl methyl sites for hydroxylation is 2. The van der Waals surface area contributed by atoms with Crippen LogP contribution in [0.5, 0.6) is 0 Å². The summed E-state index contributed by atoms with van der Waals surface area (Å²) in [7, 11) is -2.15. The van der Waals surface area contributed by atoms with Crippen molar-refractivity contribution >= 4 is 15.9 Å². The lowest BCUT2D eigenvalue weighted by atomic mass is 10.1. The van der Waals surface area contributed by atoms with Gasteiger partial charge in [0.05, 0.1) is 5.56 Å². The molecule has 0 saturated carbocycles. The molecule has 0 bridgehead atoms. The lowest BCUT2D eigenvalue weighted by Gasteiger charge is -2.25. The van der Waals surface area contributed by atoms with E-state index in [-0.39, 0.29) is 10.6 Å². The highest BCUT2D eigenvalue weighted by molar-refractivity contribution is 7.89. The van der Waals surface area contributed by atoms with Gasteiger partial charge in [-0.2, -0.15) is 9.40 Å². The fourth-order valence-electron chi connectivity index (χ4n) is 3.12. The molecule has 1 saturated heterocycles. The van der Waals surface area contributed by atoms with Crippen LogP contribution in [0.1, 0.15) is 40.7 Å². The molecule has 3 rings (SSSR count). The van der Waals surface area contributed by atoms with Crippen molar-refractivity contribution in [1.29, 1.82) is 0 Å². The molecule has 1 aliphatic rings. The Hall–Kier alpha value is -2.19. The Morgan fingerprint density at radius 2 is 1.88 bits per heavy atom. The summed E-state index contributed by atoms with van der Waals surface area (Å²) in [5.74, 6) is -0.433. The van der Waals surface area contributed by atoms with E-state index in [0.29, 0.717) is 19.6 Å². The number of nitrogens with one attached hydrogen (secondary N) is 1. The highest BCUT2D eigenvalue weighted by Crippen LogP contribution is 2.22. The van der Waals surface area contributed by atoms with Gasteiger partial charge >= 0.3 is 0 Å². The average Bonchev–Trinajstić information content (AvgIpc) is 3.04. The Bertz CT molecular complexity index is 899. The van der Waals surface area contributed by atoms with Crippen molar-refractivity contribution in [2.75, 3.05) is 13.1 Å². The molecule has 7 nitrogen and oxygen atoms in total. The molecule has 0 spiro atoms. The topological polar surface area (TPSA) is 84.3 Å². The van der Waals surface area contributed by atoms with Crippen molar-refractivity contribution in [1.82, 2.24) is 19.4 Å². The summed E-state index contributed by atoms with van der Waals surface area (Å²) in [6.07, 6.45) is 4.16. The van der Waals surface area contributed by atoms with Crippen molar-refractivity contribution in [3.05, 3.63) is 47.2 Å². The number of hydrogen-bond acceptors (Lipinski definition) is 4. The van der Waals surface area contributed by atoms with E-state index in [2.05, 4.69) is 10.4 Å². The first-order valence-corrected chi connectivity index (χ1v) is 10.2. The minimum atomic E-state index is -3.77. The van der Waals surface area contributed by atoms with Gasteiger partial charge in [-0.15, -0.1) is 0 Å². The Morgan fingerprint density at radius 1 is 1.19 bits per heavy atom. The first-order valence-electron chi connectivity index (χ1n) is 8.76. The molecule has 1 aromatic carbocycles. The number of nitrogens with zero attached hydrogens (tertiary/aromatic N) is 3. The van der Waals surface area contributed by atoms with E-state index in [1.165, 1.54) is 15.2 Å². The van der Waals surface area contributed by atoms with Gasteiger partial charge in [0, 0.05) is 32.9 Å². The van der Waals surface area contributed by atoms with Crippen LogP contribution in [-0.2, 0) is 23.6 Å². The Balaban J connectivity index is 1.82. The van der Waals surface area contributed by atoms with E-state index in [1.54, 1.807) is 7.05 Å². The number of carbonyl (C=O) groups is 1. The SMILES string of the molecule is Cc1ccccc1CNC(=O)c1cn(C)nc1S(=O)(=O)N1CCCCC1. The maximum Gasteiger partial charge on any atom is 0.263 e. The third-order valence-corrected chi connectivity index (χ3v) is 6.47. The molecule has 0 aliphatic carbocycles. The van der Waals surface area contributed by atoms with Crippen LogP contribution >= 0.6 is 0 Å². The van der Waals surface area contributed by atoms with Crippen LogP contribution < -0.4 is 5.32 Å². The van der Waals surface area contributed by atoms with E-state index in [0.717, 1.165) is 30.4 Å². The number of carbonyl (C=O) groups excluding carboxylic acids is 1. The molecule has 0 unspecified atom stereocenters. The average molecular weight is 376 g/mol. The van der Waals surface area contributed by atoms with Gasteiger partial charge in [0.25, 0.3) is 15.9 Å². The highest BCUT2D eigenvalue weighted by atomic mass is 32.2. The first kappa shape index (κ1) is 18.6. The Morgan fingerprint density at radius 3 is 2.58 bits per heavy atom. The van der Waals surface area contributed by atoms with E-state index in [9.17, 15) is 13.2 Å². The quantitative estimate of drug-likeness (QED) is 0.863. The Kier molecular flexibility index (Phi) is 5.43. The summed E-state index contributed by atoms with van der Waals surface area (Å²) in [5.41, 5.74) is 2.15. The first-order chi connectivity index (χ1) is 12.4. The molecule has 2 aromatic rings. The van der Waals surface area contributed by atoms with Crippen molar-refractivity contribution in [3.63, 3.8) is 0 Å². The van der Waals surface area contributed by atoms with Gasteiger partial charge < -0.3 is 5.32 Å². The molecule has 2 heterocycles. The Labute approximate surface area is 154 Å². The van der Waals surface area contributed by atoms with Crippen molar-refractivity contribution in [3.8, 4) is 0 Å². The van der Waals surface area contributed by atoms with Crippen LogP contribution in [0.25, 0.3) is 0 Å². The molecule has 26 heavy (non-hydrogen) atoms. The summed E-state index contributed by atoms with van der Waals surface area (Å²) < 4.78 is 28.7. The lowest BCUT2D eigenvalue weighted by Crippen LogP contribution is -2.37. The summed E-state index contributed by atoms with van der Waals surface area (Å²) in [6, 6.07) is 7.75. The monoisotopic (exact) mass is 376 g/mol. The molecule has 1 fully saturated rings. The van der Waals surface area contributed by atoms with E-state index in [1.807, 2.05) is 31.2 Å². The molecule has 8 heteroatoms. The zero-order chi connectivity index (χ0) is 18.7. The number of rotatable bonds is 5. The van der Waals surface area contributed by atoms with Gasteiger partial charge in [0.2, 0.25) is 5.03 Å². The predicted octanol–water partition coefficient (Wildman–Crippen LogP) is 1.83. The number of hydrogen-bond donors (Lipinski definition) is 1. The lowest BCUT2D eigenvalue weighted by molar-refractivity contribution is 0.0947. The second-order valence-electron chi connectivity index (χ2n) is 6.60. The number of aromatic nitrogens is 2. The molecule has 0 atom stereocenters. The van der Waals surface area contributed by atoms with Crippen LogP contribution in [0.3, 0.4) is 0 Å². The second kappa shape index (κ2) is 7.59. The predicted molar refractivity (Wildman–Crippen MR) is 98.2 cm³/mol. The van der Waals surface area contributed by atoms with E-state index < -0.39 is 15.9 Å². The normalized spacial score (nSPS) is 15.8. The smallest absolute Gasteiger partial charge is 0.263 e. The van der Waals surface area contributed by atoms with Crippen molar-refractivity contribution < 1.29 is 13.2 Å². The van der Waals surface area contributed by atoms with Crippen molar-refractivity contribution in [2.45, 2.75) is 37.8 Å². The highest BCUT2D eigenvalue weighted by Gasteiger charge is 2.33. The summed E-state index contributed by atoms with van der Waals surface area (Å²) in [4.78, 5) is 12.6. The van der Waals surface area contributed by atoms with Crippen LogP contribution in [0.15, 0.2) is 35.5 Å². The van der Waals surface area contributed by atoms with Gasteiger partial charge in [-0.05, 0) is 30.9 Å². The van der Waals surface area contributed by atoms with Gasteiger partial charge in [-0.1, -0.05) is 30.7 Å². The van der Waals surface area contributed by atoms with E-state index in [4.69, 9.17) is 0 Å². The molecule has 1 N–H and O–H groups in total. The molecule has 1 aliphatic heterocycles. The van der Waals surface area contributed by atoms with Crippen LogP contribution in [0.4, 0.5) is 0 Å². The fourth-order valence-corrected chi connectivity index (χ4v) is 4.76. The molecule has 140 valence electrons. The summed E-state index contributed by atoms with van der Waals surface area (Å²) in [6.45, 7) is 3.26. The van der Waals surface area contributed by atoms with Crippen LogP contribution in [0.2, 0.25) is 0 Å².